The van der Waals surface area contributed by atoms with E-state index in [4.69, 9.17) is 0 Å². The Labute approximate surface area is 112 Å². The van der Waals surface area contributed by atoms with Gasteiger partial charge in [-0.1, -0.05) is 49.4 Å². The molecule has 0 spiro atoms. The minimum Gasteiger partial charge on any atom is -0.384 e. The lowest BCUT2D eigenvalue weighted by molar-refractivity contribution is 0.222. The summed E-state index contributed by atoms with van der Waals surface area (Å²) in [6, 6.07) is 16.2. The summed E-state index contributed by atoms with van der Waals surface area (Å²) in [5, 5.41) is 11.6. The highest BCUT2D eigenvalue weighted by Crippen LogP contribution is 2.28. The molecule has 3 aromatic rings. The maximum atomic E-state index is 10.5. The molecule has 0 radical (unpaired) electrons. The van der Waals surface area contributed by atoms with Gasteiger partial charge in [-0.2, -0.15) is 0 Å². The van der Waals surface area contributed by atoms with Gasteiger partial charge in [-0.25, -0.2) is 0 Å². The number of nitrogens with one attached hydrogen (secondary N) is 1. The van der Waals surface area contributed by atoms with Crippen molar-refractivity contribution in [2.75, 3.05) is 0 Å². The Morgan fingerprint density at radius 2 is 1.79 bits per heavy atom. The van der Waals surface area contributed by atoms with Crippen molar-refractivity contribution in [3.63, 3.8) is 0 Å². The highest BCUT2D eigenvalue weighted by atomic mass is 16.3. The van der Waals surface area contributed by atoms with E-state index in [9.17, 15) is 5.11 Å². The van der Waals surface area contributed by atoms with Gasteiger partial charge in [-0.15, -0.1) is 0 Å². The Bertz CT molecular complexity index is 682. The van der Waals surface area contributed by atoms with Crippen LogP contribution in [0.5, 0.6) is 0 Å². The van der Waals surface area contributed by atoms with Crippen LogP contribution in [0.4, 0.5) is 0 Å². The first-order valence-corrected chi connectivity index (χ1v) is 6.62. The number of aryl methyl sites for hydroxylation is 1. The molecule has 2 aromatic carbocycles. The van der Waals surface area contributed by atoms with Crippen molar-refractivity contribution in [3.8, 4) is 0 Å². The molecule has 1 aromatic heterocycles. The third-order valence-electron chi connectivity index (χ3n) is 3.62. The molecule has 0 saturated heterocycles. The second-order valence-corrected chi connectivity index (χ2v) is 4.79. The number of hydrogen-bond donors (Lipinski definition) is 2. The van der Waals surface area contributed by atoms with E-state index in [-0.39, 0.29) is 0 Å². The standard InChI is InChI=1S/C17H17NO/c1-2-12-7-9-13(10-8-12)17(19)15-11-18-16-6-4-3-5-14(15)16/h3-11,17-19H,2H2,1H3/t17-/m0/s1. The van der Waals surface area contributed by atoms with Crippen LogP contribution in [0.2, 0.25) is 0 Å². The molecule has 0 fully saturated rings. The third kappa shape index (κ3) is 2.15. The smallest absolute Gasteiger partial charge is 0.106 e. The van der Waals surface area contributed by atoms with Crippen molar-refractivity contribution in [2.24, 2.45) is 0 Å². The summed E-state index contributed by atoms with van der Waals surface area (Å²) in [6.45, 7) is 2.13. The minimum atomic E-state index is -0.581. The molecule has 0 aliphatic heterocycles. The number of rotatable bonds is 3. The van der Waals surface area contributed by atoms with Crippen LogP contribution in [-0.2, 0) is 6.42 Å². The summed E-state index contributed by atoms with van der Waals surface area (Å²) in [6.07, 6.45) is 2.33. The van der Waals surface area contributed by atoms with E-state index < -0.39 is 6.10 Å². The van der Waals surface area contributed by atoms with Crippen LogP contribution >= 0.6 is 0 Å². The van der Waals surface area contributed by atoms with Crippen molar-refractivity contribution in [1.82, 2.24) is 4.98 Å². The molecule has 0 saturated carbocycles. The van der Waals surface area contributed by atoms with E-state index in [0.717, 1.165) is 28.5 Å². The summed E-state index contributed by atoms with van der Waals surface area (Å²) in [7, 11) is 0. The predicted octanol–water partition coefficient (Wildman–Crippen LogP) is 3.81. The SMILES string of the molecule is CCc1ccc([C@H](O)c2c[nH]c3ccccc23)cc1. The third-order valence-corrected chi connectivity index (χ3v) is 3.62. The lowest BCUT2D eigenvalue weighted by Gasteiger charge is -2.11. The van der Waals surface area contributed by atoms with Crippen molar-refractivity contribution >= 4 is 10.9 Å². The van der Waals surface area contributed by atoms with Crippen LogP contribution in [0, 0.1) is 0 Å². The van der Waals surface area contributed by atoms with E-state index in [2.05, 4.69) is 24.0 Å². The molecule has 96 valence electrons. The normalized spacial score (nSPS) is 12.7. The minimum absolute atomic E-state index is 0.581. The quantitative estimate of drug-likeness (QED) is 0.729. The fourth-order valence-electron chi connectivity index (χ4n) is 2.44. The summed E-state index contributed by atoms with van der Waals surface area (Å²) >= 11 is 0. The van der Waals surface area contributed by atoms with Crippen LogP contribution < -0.4 is 0 Å². The highest BCUT2D eigenvalue weighted by molar-refractivity contribution is 5.83. The van der Waals surface area contributed by atoms with E-state index in [0.29, 0.717) is 0 Å². The van der Waals surface area contributed by atoms with Gasteiger partial charge >= 0.3 is 0 Å². The first-order chi connectivity index (χ1) is 9.29. The molecular formula is C17H17NO. The molecule has 3 rings (SSSR count). The van der Waals surface area contributed by atoms with Gasteiger partial charge in [-0.3, -0.25) is 0 Å². The van der Waals surface area contributed by atoms with Crippen molar-refractivity contribution in [3.05, 3.63) is 71.4 Å². The average molecular weight is 251 g/mol. The predicted molar refractivity (Wildman–Crippen MR) is 78.2 cm³/mol. The molecular weight excluding hydrogens is 234 g/mol. The van der Waals surface area contributed by atoms with Crippen molar-refractivity contribution < 1.29 is 5.11 Å². The number of H-pyrrole nitrogens is 1. The Morgan fingerprint density at radius 1 is 1.05 bits per heavy atom. The molecule has 1 atom stereocenters. The number of para-hydroxylation sites is 1. The maximum Gasteiger partial charge on any atom is 0.106 e. The van der Waals surface area contributed by atoms with Gasteiger partial charge in [0.25, 0.3) is 0 Å². The van der Waals surface area contributed by atoms with E-state index >= 15 is 0 Å². The Kier molecular flexibility index (Phi) is 3.10. The average Bonchev–Trinajstić information content (AvgIpc) is 2.90. The van der Waals surface area contributed by atoms with Crippen LogP contribution in [-0.4, -0.2) is 10.1 Å². The van der Waals surface area contributed by atoms with E-state index in [1.54, 1.807) is 0 Å². The fourth-order valence-corrected chi connectivity index (χ4v) is 2.44. The Hall–Kier alpha value is -2.06. The zero-order chi connectivity index (χ0) is 13.2. The summed E-state index contributed by atoms with van der Waals surface area (Å²) in [4.78, 5) is 3.20. The van der Waals surface area contributed by atoms with Crippen LogP contribution in [0.3, 0.4) is 0 Å². The number of aromatic nitrogens is 1. The van der Waals surface area contributed by atoms with Gasteiger partial charge in [0.1, 0.15) is 6.10 Å². The summed E-state index contributed by atoms with van der Waals surface area (Å²) in [5.41, 5.74) is 4.21. The number of aliphatic hydroxyl groups excluding tert-OH is 1. The summed E-state index contributed by atoms with van der Waals surface area (Å²) in [5.74, 6) is 0. The van der Waals surface area contributed by atoms with E-state index in [1.165, 1.54) is 5.56 Å². The molecule has 2 nitrogen and oxygen atoms in total. The summed E-state index contributed by atoms with van der Waals surface area (Å²) < 4.78 is 0. The van der Waals surface area contributed by atoms with Gasteiger partial charge in [0.15, 0.2) is 0 Å². The molecule has 2 N–H and O–H groups in total. The second-order valence-electron chi connectivity index (χ2n) is 4.79. The monoisotopic (exact) mass is 251 g/mol. The lowest BCUT2D eigenvalue weighted by Crippen LogP contribution is -1.98. The Morgan fingerprint density at radius 3 is 2.53 bits per heavy atom. The highest BCUT2D eigenvalue weighted by Gasteiger charge is 2.14. The Balaban J connectivity index is 2.00. The van der Waals surface area contributed by atoms with Crippen LogP contribution in [0.15, 0.2) is 54.7 Å². The number of aromatic amines is 1. The molecule has 0 unspecified atom stereocenters. The molecule has 19 heavy (non-hydrogen) atoms. The van der Waals surface area contributed by atoms with Gasteiger partial charge < -0.3 is 10.1 Å². The number of fused-ring (bicyclic) bond motifs is 1. The van der Waals surface area contributed by atoms with Gasteiger partial charge in [0.2, 0.25) is 0 Å². The topological polar surface area (TPSA) is 36.0 Å². The first-order valence-electron chi connectivity index (χ1n) is 6.62. The fraction of sp³-hybridized carbons (Fsp3) is 0.176. The number of aliphatic hydroxyl groups is 1. The zero-order valence-corrected chi connectivity index (χ0v) is 10.9. The first kappa shape index (κ1) is 12.0. The van der Waals surface area contributed by atoms with Crippen LogP contribution in [0.1, 0.15) is 29.7 Å². The molecule has 0 aliphatic rings. The lowest BCUT2D eigenvalue weighted by atomic mass is 9.99. The number of benzene rings is 2. The zero-order valence-electron chi connectivity index (χ0n) is 10.9. The maximum absolute atomic E-state index is 10.5. The molecule has 2 heteroatoms. The molecule has 0 bridgehead atoms. The van der Waals surface area contributed by atoms with Crippen LogP contribution in [0.25, 0.3) is 10.9 Å². The van der Waals surface area contributed by atoms with Crippen molar-refractivity contribution in [2.45, 2.75) is 19.4 Å². The number of hydrogen-bond acceptors (Lipinski definition) is 1. The second kappa shape index (κ2) is 4.90. The largest absolute Gasteiger partial charge is 0.384 e. The van der Waals surface area contributed by atoms with Gasteiger partial charge in [-0.05, 0) is 23.6 Å². The molecule has 1 heterocycles. The van der Waals surface area contributed by atoms with Gasteiger partial charge in [0, 0.05) is 22.7 Å². The van der Waals surface area contributed by atoms with E-state index in [1.807, 2.05) is 42.6 Å². The van der Waals surface area contributed by atoms with Gasteiger partial charge in [0.05, 0.1) is 0 Å². The molecule has 0 aliphatic carbocycles. The molecule has 0 amide bonds. The van der Waals surface area contributed by atoms with Crippen molar-refractivity contribution in [1.29, 1.82) is 0 Å².